The van der Waals surface area contributed by atoms with Gasteiger partial charge in [0.05, 0.1) is 13.4 Å². The van der Waals surface area contributed by atoms with Gasteiger partial charge in [-0.05, 0) is 30.3 Å². The maximum atomic E-state index is 12.5. The summed E-state index contributed by atoms with van der Waals surface area (Å²) in [6.07, 6.45) is 1.48. The van der Waals surface area contributed by atoms with Gasteiger partial charge in [0.15, 0.2) is 5.76 Å². The van der Waals surface area contributed by atoms with E-state index in [0.717, 1.165) is 0 Å². The van der Waals surface area contributed by atoms with Crippen molar-refractivity contribution in [3.63, 3.8) is 0 Å². The average molecular weight is 314 g/mol. The average Bonchev–Trinajstić information content (AvgIpc) is 3.15. The number of furan rings is 1. The van der Waals surface area contributed by atoms with E-state index in [4.69, 9.17) is 9.15 Å². The van der Waals surface area contributed by atoms with Crippen LogP contribution in [0.4, 0.5) is 0 Å². The fourth-order valence-electron chi connectivity index (χ4n) is 2.61. The molecule has 1 saturated heterocycles. The monoisotopic (exact) mass is 314 g/mol. The number of piperazine rings is 1. The molecular weight excluding hydrogens is 296 g/mol. The molecule has 2 heterocycles. The van der Waals surface area contributed by atoms with Crippen LogP contribution in [-0.2, 0) is 0 Å². The zero-order valence-electron chi connectivity index (χ0n) is 12.9. The van der Waals surface area contributed by atoms with Gasteiger partial charge < -0.3 is 19.0 Å². The topological polar surface area (TPSA) is 63.0 Å². The highest BCUT2D eigenvalue weighted by atomic mass is 16.5. The molecule has 6 heteroatoms. The van der Waals surface area contributed by atoms with Crippen molar-refractivity contribution < 1.29 is 18.7 Å². The highest BCUT2D eigenvalue weighted by molar-refractivity contribution is 5.95. The van der Waals surface area contributed by atoms with E-state index in [1.807, 2.05) is 0 Å². The van der Waals surface area contributed by atoms with E-state index in [0.29, 0.717) is 43.3 Å². The van der Waals surface area contributed by atoms with Crippen LogP contribution in [0.1, 0.15) is 20.9 Å². The minimum absolute atomic E-state index is 0.0472. The molecule has 1 fully saturated rings. The predicted molar refractivity (Wildman–Crippen MR) is 83.5 cm³/mol. The van der Waals surface area contributed by atoms with E-state index < -0.39 is 0 Å². The Kier molecular flexibility index (Phi) is 4.32. The Hall–Kier alpha value is -2.76. The fourth-order valence-corrected chi connectivity index (χ4v) is 2.61. The normalized spacial score (nSPS) is 14.7. The maximum absolute atomic E-state index is 12.5. The first-order chi connectivity index (χ1) is 11.2. The van der Waals surface area contributed by atoms with Gasteiger partial charge >= 0.3 is 0 Å². The first-order valence-corrected chi connectivity index (χ1v) is 7.45. The van der Waals surface area contributed by atoms with E-state index >= 15 is 0 Å². The quantitative estimate of drug-likeness (QED) is 0.868. The minimum Gasteiger partial charge on any atom is -0.497 e. The van der Waals surface area contributed by atoms with Gasteiger partial charge in [-0.1, -0.05) is 6.07 Å². The summed E-state index contributed by atoms with van der Waals surface area (Å²) in [6.45, 7) is 2.00. The van der Waals surface area contributed by atoms with Crippen molar-refractivity contribution in [3.8, 4) is 5.75 Å². The summed E-state index contributed by atoms with van der Waals surface area (Å²) in [5.74, 6) is 0.803. The van der Waals surface area contributed by atoms with Crippen LogP contribution in [0.25, 0.3) is 0 Å². The Labute approximate surface area is 134 Å². The van der Waals surface area contributed by atoms with E-state index in [2.05, 4.69) is 0 Å². The van der Waals surface area contributed by atoms with Gasteiger partial charge in [0, 0.05) is 31.7 Å². The van der Waals surface area contributed by atoms with Crippen molar-refractivity contribution in [3.05, 3.63) is 54.0 Å². The molecule has 2 amide bonds. The zero-order valence-corrected chi connectivity index (χ0v) is 12.9. The predicted octanol–water partition coefficient (Wildman–Crippen LogP) is 1.89. The maximum Gasteiger partial charge on any atom is 0.289 e. The number of carbonyl (C=O) groups excluding carboxylic acids is 2. The largest absolute Gasteiger partial charge is 0.497 e. The Balaban J connectivity index is 1.62. The summed E-state index contributed by atoms with van der Waals surface area (Å²) in [5, 5.41) is 0. The summed E-state index contributed by atoms with van der Waals surface area (Å²) in [5.41, 5.74) is 0.593. The molecule has 6 nitrogen and oxygen atoms in total. The van der Waals surface area contributed by atoms with Crippen molar-refractivity contribution in [1.82, 2.24) is 9.80 Å². The highest BCUT2D eigenvalue weighted by Gasteiger charge is 2.26. The van der Waals surface area contributed by atoms with Crippen molar-refractivity contribution in [2.24, 2.45) is 0 Å². The van der Waals surface area contributed by atoms with E-state index in [1.54, 1.807) is 53.3 Å². The van der Waals surface area contributed by atoms with Crippen molar-refractivity contribution in [2.75, 3.05) is 33.3 Å². The Bertz CT molecular complexity index is 688. The second kappa shape index (κ2) is 6.56. The molecule has 0 bridgehead atoms. The van der Waals surface area contributed by atoms with Crippen LogP contribution in [-0.4, -0.2) is 54.9 Å². The molecule has 1 aliphatic heterocycles. The lowest BCUT2D eigenvalue weighted by atomic mass is 10.1. The third kappa shape index (κ3) is 3.21. The first kappa shape index (κ1) is 15.1. The second-order valence-corrected chi connectivity index (χ2v) is 5.29. The van der Waals surface area contributed by atoms with Crippen molar-refractivity contribution in [2.45, 2.75) is 0 Å². The molecule has 1 aromatic heterocycles. The third-order valence-corrected chi connectivity index (χ3v) is 3.90. The number of carbonyl (C=O) groups is 2. The Morgan fingerprint density at radius 2 is 1.70 bits per heavy atom. The number of benzene rings is 1. The Morgan fingerprint density at radius 1 is 1.00 bits per heavy atom. The number of methoxy groups -OCH3 is 1. The molecule has 0 N–H and O–H groups in total. The summed E-state index contributed by atoms with van der Waals surface area (Å²) < 4.78 is 10.3. The number of nitrogens with zero attached hydrogens (tertiary/aromatic N) is 2. The van der Waals surface area contributed by atoms with E-state index in [-0.39, 0.29) is 11.8 Å². The molecule has 0 saturated carbocycles. The number of ether oxygens (including phenoxy) is 1. The van der Waals surface area contributed by atoms with Gasteiger partial charge in [-0.25, -0.2) is 0 Å². The molecule has 0 atom stereocenters. The molecule has 0 unspecified atom stereocenters. The van der Waals surface area contributed by atoms with E-state index in [1.165, 1.54) is 6.26 Å². The molecule has 0 radical (unpaired) electrons. The van der Waals surface area contributed by atoms with Crippen LogP contribution in [0.2, 0.25) is 0 Å². The van der Waals surface area contributed by atoms with Gasteiger partial charge in [0.2, 0.25) is 0 Å². The minimum atomic E-state index is -0.136. The van der Waals surface area contributed by atoms with Gasteiger partial charge in [0.25, 0.3) is 11.8 Å². The van der Waals surface area contributed by atoms with Crippen LogP contribution in [0.5, 0.6) is 5.75 Å². The molecule has 2 aromatic rings. The lowest BCUT2D eigenvalue weighted by Gasteiger charge is -2.34. The van der Waals surface area contributed by atoms with Crippen LogP contribution in [0, 0.1) is 0 Å². The fraction of sp³-hybridized carbons (Fsp3) is 0.294. The third-order valence-electron chi connectivity index (χ3n) is 3.90. The van der Waals surface area contributed by atoms with Crippen LogP contribution in [0.3, 0.4) is 0 Å². The van der Waals surface area contributed by atoms with Gasteiger partial charge in [-0.2, -0.15) is 0 Å². The number of hydrogen-bond donors (Lipinski definition) is 0. The molecule has 3 rings (SSSR count). The lowest BCUT2D eigenvalue weighted by molar-refractivity contribution is 0.0518. The molecule has 0 aliphatic carbocycles. The summed E-state index contributed by atoms with van der Waals surface area (Å²) in [4.78, 5) is 28.2. The number of rotatable bonds is 3. The molecule has 120 valence electrons. The molecule has 1 aromatic carbocycles. The zero-order chi connectivity index (χ0) is 16.2. The summed E-state index contributed by atoms with van der Waals surface area (Å²) >= 11 is 0. The SMILES string of the molecule is COc1cccc(C(=O)N2CCN(C(=O)c3ccco3)CC2)c1. The molecule has 0 spiro atoms. The van der Waals surface area contributed by atoms with Gasteiger partial charge in [-0.15, -0.1) is 0 Å². The standard InChI is InChI=1S/C17H18N2O4/c1-22-14-5-2-4-13(12-14)16(20)18-7-9-19(10-8-18)17(21)15-6-3-11-23-15/h2-6,11-12H,7-10H2,1H3. The summed E-state index contributed by atoms with van der Waals surface area (Å²) in [6, 6.07) is 10.4. The molecular formula is C17H18N2O4. The second-order valence-electron chi connectivity index (χ2n) is 5.29. The smallest absolute Gasteiger partial charge is 0.289 e. The van der Waals surface area contributed by atoms with Crippen molar-refractivity contribution >= 4 is 11.8 Å². The molecule has 23 heavy (non-hydrogen) atoms. The lowest BCUT2D eigenvalue weighted by Crippen LogP contribution is -2.50. The van der Waals surface area contributed by atoms with Crippen molar-refractivity contribution in [1.29, 1.82) is 0 Å². The van der Waals surface area contributed by atoms with E-state index in [9.17, 15) is 9.59 Å². The Morgan fingerprint density at radius 3 is 2.30 bits per heavy atom. The van der Waals surface area contributed by atoms with Crippen LogP contribution < -0.4 is 4.74 Å². The van der Waals surface area contributed by atoms with Crippen LogP contribution in [0.15, 0.2) is 47.1 Å². The highest BCUT2D eigenvalue weighted by Crippen LogP contribution is 2.16. The van der Waals surface area contributed by atoms with Gasteiger partial charge in [-0.3, -0.25) is 9.59 Å². The molecule has 1 aliphatic rings. The van der Waals surface area contributed by atoms with Crippen LogP contribution >= 0.6 is 0 Å². The van der Waals surface area contributed by atoms with Gasteiger partial charge in [0.1, 0.15) is 5.75 Å². The summed E-state index contributed by atoms with van der Waals surface area (Å²) in [7, 11) is 1.57. The number of hydrogen-bond acceptors (Lipinski definition) is 4. The first-order valence-electron chi connectivity index (χ1n) is 7.45. The number of amides is 2.